The van der Waals surface area contributed by atoms with Gasteiger partial charge in [-0.15, -0.1) is 0 Å². The number of hydrogen-bond donors (Lipinski definition) is 1. The van der Waals surface area contributed by atoms with Gasteiger partial charge in [0.25, 0.3) is 5.96 Å². The number of unbranched alkanes of at least 4 members (excludes halogenated alkanes) is 2. The third kappa shape index (κ3) is 6.22. The van der Waals surface area contributed by atoms with Crippen molar-refractivity contribution in [2.24, 2.45) is 15.9 Å². The highest BCUT2D eigenvalue weighted by Gasteiger charge is 2.12. The van der Waals surface area contributed by atoms with Gasteiger partial charge in [0.1, 0.15) is 5.10 Å². The van der Waals surface area contributed by atoms with Crippen molar-refractivity contribution in [1.82, 2.24) is 5.01 Å². The zero-order chi connectivity index (χ0) is 15.7. The Hall–Kier alpha value is -2.15. The van der Waals surface area contributed by atoms with E-state index in [1.807, 2.05) is 6.07 Å². The van der Waals surface area contributed by atoms with E-state index >= 15 is 0 Å². The summed E-state index contributed by atoms with van der Waals surface area (Å²) in [6.45, 7) is 2.28. The van der Waals surface area contributed by atoms with Gasteiger partial charge in [-0.05, 0) is 24.5 Å². The number of guanidine groups is 1. The number of nitro groups is 1. The molecule has 1 aromatic carbocycles. The Bertz CT molecular complexity index is 533. The number of rotatable bonds is 7. The van der Waals surface area contributed by atoms with Gasteiger partial charge in [-0.1, -0.05) is 43.1 Å². The molecular formula is C13H18ClN5O2. The predicted molar refractivity (Wildman–Crippen MR) is 83.6 cm³/mol. The first kappa shape index (κ1) is 16.9. The molecule has 114 valence electrons. The van der Waals surface area contributed by atoms with Crippen LogP contribution in [0, 0.1) is 10.1 Å². The van der Waals surface area contributed by atoms with E-state index in [9.17, 15) is 10.1 Å². The van der Waals surface area contributed by atoms with E-state index in [4.69, 9.17) is 17.3 Å². The Balaban J connectivity index is 2.88. The zero-order valence-electron chi connectivity index (χ0n) is 11.8. The SMILES string of the molecule is CCCC/C=N\N(Cc1ccccc1Cl)/C(N)=N\[N+](=O)[O-]. The molecule has 0 saturated carbocycles. The van der Waals surface area contributed by atoms with Gasteiger partial charge in [0.2, 0.25) is 0 Å². The molecule has 0 unspecified atom stereocenters. The lowest BCUT2D eigenvalue weighted by molar-refractivity contribution is -0.485. The second-order valence-corrected chi connectivity index (χ2v) is 4.69. The zero-order valence-corrected chi connectivity index (χ0v) is 12.5. The smallest absolute Gasteiger partial charge is 0.289 e. The van der Waals surface area contributed by atoms with E-state index in [0.29, 0.717) is 5.02 Å². The number of hydrazone groups is 2. The summed E-state index contributed by atoms with van der Waals surface area (Å²) in [5.41, 5.74) is 6.37. The van der Waals surface area contributed by atoms with Crippen LogP contribution in [0.15, 0.2) is 34.5 Å². The van der Waals surface area contributed by atoms with Crippen molar-refractivity contribution in [2.75, 3.05) is 0 Å². The normalized spacial score (nSPS) is 11.8. The van der Waals surface area contributed by atoms with Crippen LogP contribution in [0.3, 0.4) is 0 Å². The van der Waals surface area contributed by atoms with Crippen molar-refractivity contribution in [2.45, 2.75) is 32.7 Å². The molecule has 0 aromatic heterocycles. The standard InChI is InChI=1S/C13H18ClN5O2/c1-2-3-6-9-16-18(13(15)17-19(20)21)10-11-7-4-5-8-12(11)14/h4-5,7-9H,2-3,6,10H2,1H3,(H2,15,17)/b16-9-. The average Bonchev–Trinajstić information content (AvgIpc) is 2.43. The number of halogens is 1. The van der Waals surface area contributed by atoms with Crippen LogP contribution in [0.25, 0.3) is 0 Å². The molecule has 0 aliphatic carbocycles. The Labute approximate surface area is 128 Å². The summed E-state index contributed by atoms with van der Waals surface area (Å²) >= 11 is 6.07. The summed E-state index contributed by atoms with van der Waals surface area (Å²) in [4.78, 5) is 10.4. The summed E-state index contributed by atoms with van der Waals surface area (Å²) < 4.78 is 0. The Morgan fingerprint density at radius 3 is 2.86 bits per heavy atom. The highest BCUT2D eigenvalue weighted by Crippen LogP contribution is 2.17. The van der Waals surface area contributed by atoms with Gasteiger partial charge in [0.05, 0.1) is 6.54 Å². The topological polar surface area (TPSA) is 97.1 Å². The fraction of sp³-hybridized carbons (Fsp3) is 0.385. The maximum absolute atomic E-state index is 10.4. The van der Waals surface area contributed by atoms with Crippen molar-refractivity contribution >= 4 is 23.8 Å². The maximum atomic E-state index is 10.4. The van der Waals surface area contributed by atoms with Crippen LogP contribution in [0.2, 0.25) is 5.02 Å². The second-order valence-electron chi connectivity index (χ2n) is 4.29. The molecule has 0 aliphatic rings. The third-order valence-electron chi connectivity index (χ3n) is 2.63. The van der Waals surface area contributed by atoms with Gasteiger partial charge in [0.15, 0.2) is 5.03 Å². The quantitative estimate of drug-likeness (QED) is 0.275. The lowest BCUT2D eigenvalue weighted by Gasteiger charge is -2.16. The van der Waals surface area contributed by atoms with E-state index in [0.717, 1.165) is 24.8 Å². The van der Waals surface area contributed by atoms with Gasteiger partial charge in [-0.2, -0.15) is 5.10 Å². The largest absolute Gasteiger partial charge is 0.363 e. The number of benzene rings is 1. The van der Waals surface area contributed by atoms with Crippen LogP contribution in [-0.4, -0.2) is 22.2 Å². The van der Waals surface area contributed by atoms with Crippen LogP contribution in [0.4, 0.5) is 0 Å². The third-order valence-corrected chi connectivity index (χ3v) is 3.00. The second kappa shape index (κ2) is 8.91. The molecule has 8 heteroatoms. The molecule has 21 heavy (non-hydrogen) atoms. The molecule has 0 heterocycles. The van der Waals surface area contributed by atoms with Crippen LogP contribution in [0.1, 0.15) is 31.7 Å². The molecular weight excluding hydrogens is 294 g/mol. The highest BCUT2D eigenvalue weighted by atomic mass is 35.5. The van der Waals surface area contributed by atoms with E-state index < -0.39 is 5.03 Å². The predicted octanol–water partition coefficient (Wildman–Crippen LogP) is 2.82. The average molecular weight is 312 g/mol. The van der Waals surface area contributed by atoms with E-state index in [1.54, 1.807) is 24.4 Å². The minimum absolute atomic E-state index is 0.214. The molecule has 2 N–H and O–H groups in total. The van der Waals surface area contributed by atoms with Crippen LogP contribution in [0.5, 0.6) is 0 Å². The van der Waals surface area contributed by atoms with Crippen molar-refractivity contribution in [3.05, 3.63) is 45.0 Å². The molecule has 0 bridgehead atoms. The van der Waals surface area contributed by atoms with Crippen molar-refractivity contribution in [1.29, 1.82) is 0 Å². The highest BCUT2D eigenvalue weighted by molar-refractivity contribution is 6.31. The van der Waals surface area contributed by atoms with Crippen molar-refractivity contribution in [3.63, 3.8) is 0 Å². The first-order valence-corrected chi connectivity index (χ1v) is 6.94. The molecule has 1 rings (SSSR count). The maximum Gasteiger partial charge on any atom is 0.289 e. The number of nitrogens with zero attached hydrogens (tertiary/aromatic N) is 4. The molecule has 0 radical (unpaired) electrons. The van der Waals surface area contributed by atoms with Crippen molar-refractivity contribution < 1.29 is 5.03 Å². The molecule has 0 atom stereocenters. The van der Waals surface area contributed by atoms with Gasteiger partial charge in [-0.25, -0.2) is 15.1 Å². The number of nitrogens with two attached hydrogens (primary N) is 1. The fourth-order valence-electron chi connectivity index (χ4n) is 1.56. The van der Waals surface area contributed by atoms with Crippen LogP contribution in [-0.2, 0) is 6.54 Å². The molecule has 0 saturated heterocycles. The van der Waals surface area contributed by atoms with Gasteiger partial charge in [-0.3, -0.25) is 0 Å². The van der Waals surface area contributed by atoms with Crippen molar-refractivity contribution in [3.8, 4) is 0 Å². The number of hydrogen-bond acceptors (Lipinski definition) is 3. The van der Waals surface area contributed by atoms with Gasteiger partial charge in [0, 0.05) is 11.2 Å². The first-order valence-electron chi connectivity index (χ1n) is 6.56. The molecule has 7 nitrogen and oxygen atoms in total. The van der Waals surface area contributed by atoms with Crippen LogP contribution < -0.4 is 5.73 Å². The lowest BCUT2D eigenvalue weighted by Crippen LogP contribution is -2.33. The molecule has 0 amide bonds. The van der Waals surface area contributed by atoms with Gasteiger partial charge >= 0.3 is 0 Å². The minimum Gasteiger partial charge on any atom is -0.363 e. The molecule has 0 aliphatic heterocycles. The monoisotopic (exact) mass is 311 g/mol. The van der Waals surface area contributed by atoms with Gasteiger partial charge < -0.3 is 5.73 Å². The van der Waals surface area contributed by atoms with E-state index in [-0.39, 0.29) is 12.5 Å². The summed E-state index contributed by atoms with van der Waals surface area (Å²) in [7, 11) is 0. The summed E-state index contributed by atoms with van der Waals surface area (Å²) in [6, 6.07) is 7.16. The lowest BCUT2D eigenvalue weighted by atomic mass is 10.2. The Morgan fingerprint density at radius 1 is 1.52 bits per heavy atom. The summed E-state index contributed by atoms with van der Waals surface area (Å²) in [5, 5.41) is 18.6. The fourth-order valence-corrected chi connectivity index (χ4v) is 1.75. The molecule has 0 fully saturated rings. The summed E-state index contributed by atoms with van der Waals surface area (Å²) in [5.74, 6) is -0.285. The summed E-state index contributed by atoms with van der Waals surface area (Å²) in [6.07, 6.45) is 4.45. The van der Waals surface area contributed by atoms with E-state index in [1.165, 1.54) is 5.01 Å². The first-order chi connectivity index (χ1) is 10.0. The molecule has 0 spiro atoms. The van der Waals surface area contributed by atoms with E-state index in [2.05, 4.69) is 17.1 Å². The van der Waals surface area contributed by atoms with Crippen LogP contribution >= 0.6 is 11.6 Å². The Morgan fingerprint density at radius 2 is 2.24 bits per heavy atom. The minimum atomic E-state index is -0.851. The Kier molecular flexibility index (Phi) is 7.17. The molecule has 1 aromatic rings.